The predicted molar refractivity (Wildman–Crippen MR) is 184 cm³/mol. The fraction of sp³-hybridized carbons (Fsp3) is 1.00. The van der Waals surface area contributed by atoms with E-state index in [1.54, 1.807) is 0 Å². The van der Waals surface area contributed by atoms with E-state index in [-0.39, 0.29) is 0 Å². The molecule has 0 spiro atoms. The molecule has 0 amide bonds. The topological polar surface area (TPSA) is 40.5 Å². The van der Waals surface area contributed by atoms with E-state index in [1.165, 1.54) is 210 Å². The maximum atomic E-state index is 8.80. The average molecular weight is 583 g/mol. The lowest BCUT2D eigenvalue weighted by atomic mass is 10.0. The van der Waals surface area contributed by atoms with Crippen LogP contribution in [0, 0.1) is 0 Å². The molecule has 0 aromatic carbocycles. The van der Waals surface area contributed by atoms with Crippen molar-refractivity contribution in [3.8, 4) is 0 Å². The Morgan fingerprint density at radius 3 is 0.561 bits per heavy atom. The molecule has 0 atom stereocenters. The van der Waals surface area contributed by atoms with E-state index in [9.17, 15) is 0 Å². The van der Waals surface area contributed by atoms with Crippen molar-refractivity contribution >= 4 is 0 Å². The van der Waals surface area contributed by atoms with Crippen LogP contribution in [-0.2, 0) is 0 Å². The second-order valence-corrected chi connectivity index (χ2v) is 14.1. The summed E-state index contributed by atoms with van der Waals surface area (Å²) in [6.07, 6.45) is 44.3. The molecule has 0 aliphatic carbocycles. The molecule has 0 saturated carbocycles. The molecule has 0 aromatic rings. The minimum atomic E-state index is 0.369. The van der Waals surface area contributed by atoms with E-state index in [1.807, 2.05) is 0 Å². The second-order valence-electron chi connectivity index (χ2n) is 14.1. The predicted octanol–water partition coefficient (Wildman–Crippen LogP) is 11.5. The van der Waals surface area contributed by atoms with Crippen LogP contribution in [0.4, 0.5) is 0 Å². The summed E-state index contributed by atoms with van der Waals surface area (Å²) < 4.78 is 1.23. The molecule has 0 saturated heterocycles. The highest BCUT2D eigenvalue weighted by Gasteiger charge is 2.13. The molecule has 2 N–H and O–H groups in total. The standard InChI is InChI=1S/C38H80NO2/c1-39(2,35-31-27-23-19-15-11-7-3-5-9-13-17-21-25-29-33-37-40)36-32-28-24-20-16-12-8-4-6-10-14-18-22-26-30-34-38-41/h40-41H,3-38H2,1-2H3/q+1. The molecule has 248 valence electrons. The van der Waals surface area contributed by atoms with E-state index in [0.29, 0.717) is 13.2 Å². The van der Waals surface area contributed by atoms with Gasteiger partial charge in [0.1, 0.15) is 0 Å². The minimum Gasteiger partial charge on any atom is -0.396 e. The first-order chi connectivity index (χ1) is 20.1. The summed E-state index contributed by atoms with van der Waals surface area (Å²) in [5, 5.41) is 17.6. The van der Waals surface area contributed by atoms with Gasteiger partial charge in [0.2, 0.25) is 0 Å². The van der Waals surface area contributed by atoms with Gasteiger partial charge in [0, 0.05) is 13.2 Å². The summed E-state index contributed by atoms with van der Waals surface area (Å²) in [5.74, 6) is 0. The molecular formula is C38H80NO2+. The first-order valence-corrected chi connectivity index (χ1v) is 19.2. The molecule has 0 heterocycles. The molecular weight excluding hydrogens is 502 g/mol. The van der Waals surface area contributed by atoms with Crippen molar-refractivity contribution in [3.05, 3.63) is 0 Å². The van der Waals surface area contributed by atoms with Gasteiger partial charge in [0.05, 0.1) is 27.2 Å². The number of aliphatic hydroxyl groups excluding tert-OH is 2. The molecule has 0 aromatic heterocycles. The summed E-state index contributed by atoms with van der Waals surface area (Å²) in [7, 11) is 4.91. The van der Waals surface area contributed by atoms with Gasteiger partial charge in [-0.2, -0.15) is 0 Å². The third-order valence-corrected chi connectivity index (χ3v) is 9.34. The fourth-order valence-corrected chi connectivity index (χ4v) is 6.36. The molecule has 0 radical (unpaired) electrons. The van der Waals surface area contributed by atoms with Gasteiger partial charge in [-0.1, -0.05) is 167 Å². The van der Waals surface area contributed by atoms with E-state index in [4.69, 9.17) is 10.2 Å². The van der Waals surface area contributed by atoms with Crippen molar-refractivity contribution in [3.63, 3.8) is 0 Å². The Hall–Kier alpha value is -0.120. The molecule has 0 rings (SSSR count). The quantitative estimate of drug-likeness (QED) is 0.0569. The highest BCUT2D eigenvalue weighted by Crippen LogP contribution is 2.16. The van der Waals surface area contributed by atoms with Gasteiger partial charge in [0.25, 0.3) is 0 Å². The lowest BCUT2D eigenvalue weighted by Crippen LogP contribution is -2.41. The zero-order valence-electron chi connectivity index (χ0n) is 28.8. The highest BCUT2D eigenvalue weighted by atomic mass is 16.3. The molecule has 41 heavy (non-hydrogen) atoms. The Kier molecular flexibility index (Phi) is 34.3. The van der Waals surface area contributed by atoms with Gasteiger partial charge < -0.3 is 14.7 Å². The van der Waals surface area contributed by atoms with Crippen LogP contribution in [0.1, 0.15) is 205 Å². The summed E-state index contributed by atoms with van der Waals surface area (Å²) in [6, 6.07) is 0. The minimum absolute atomic E-state index is 0.369. The van der Waals surface area contributed by atoms with Gasteiger partial charge in [-0.15, -0.1) is 0 Å². The Labute approximate surface area is 260 Å². The summed E-state index contributed by atoms with van der Waals surface area (Å²) >= 11 is 0. The third-order valence-electron chi connectivity index (χ3n) is 9.34. The van der Waals surface area contributed by atoms with Crippen LogP contribution < -0.4 is 0 Å². The second kappa shape index (κ2) is 34.4. The smallest absolute Gasteiger partial charge is 0.0782 e. The van der Waals surface area contributed by atoms with Crippen molar-refractivity contribution in [1.29, 1.82) is 0 Å². The van der Waals surface area contributed by atoms with Crippen molar-refractivity contribution in [1.82, 2.24) is 0 Å². The maximum absolute atomic E-state index is 8.80. The molecule has 0 fully saturated rings. The Morgan fingerprint density at radius 2 is 0.390 bits per heavy atom. The molecule has 0 aliphatic heterocycles. The molecule has 0 aliphatic rings. The Morgan fingerprint density at radius 1 is 0.244 bits per heavy atom. The average Bonchev–Trinajstić information content (AvgIpc) is 2.96. The first kappa shape index (κ1) is 40.9. The number of nitrogens with zero attached hydrogens (tertiary/aromatic N) is 1. The van der Waals surface area contributed by atoms with E-state index >= 15 is 0 Å². The molecule has 0 unspecified atom stereocenters. The first-order valence-electron chi connectivity index (χ1n) is 19.2. The lowest BCUT2D eigenvalue weighted by molar-refractivity contribution is -0.890. The number of hydrogen-bond donors (Lipinski definition) is 2. The number of hydrogen-bond acceptors (Lipinski definition) is 2. The lowest BCUT2D eigenvalue weighted by Gasteiger charge is -2.30. The monoisotopic (exact) mass is 583 g/mol. The van der Waals surface area contributed by atoms with Crippen LogP contribution in [0.2, 0.25) is 0 Å². The van der Waals surface area contributed by atoms with Gasteiger partial charge in [-0.3, -0.25) is 0 Å². The SMILES string of the molecule is C[N+](C)(CCCCCCCCCCCCCCCCCCO)CCCCCCCCCCCCCCCCCCO. The van der Waals surface area contributed by atoms with Crippen LogP contribution in [-0.4, -0.2) is 55.1 Å². The normalized spacial score (nSPS) is 12.0. The van der Waals surface area contributed by atoms with Gasteiger partial charge >= 0.3 is 0 Å². The maximum Gasteiger partial charge on any atom is 0.0782 e. The Bertz CT molecular complexity index is 427. The fourth-order valence-electron chi connectivity index (χ4n) is 6.36. The molecule has 3 heteroatoms. The van der Waals surface area contributed by atoms with Crippen LogP contribution in [0.15, 0.2) is 0 Å². The van der Waals surface area contributed by atoms with Crippen molar-refractivity contribution in [2.24, 2.45) is 0 Å². The number of quaternary nitrogens is 1. The van der Waals surface area contributed by atoms with E-state index in [2.05, 4.69) is 14.1 Å². The third kappa shape index (κ3) is 36.0. The number of rotatable bonds is 36. The van der Waals surface area contributed by atoms with Crippen molar-refractivity contribution in [2.75, 3.05) is 40.4 Å². The number of unbranched alkanes of at least 4 members (excludes halogenated alkanes) is 30. The summed E-state index contributed by atoms with van der Waals surface area (Å²) in [4.78, 5) is 0. The van der Waals surface area contributed by atoms with Gasteiger partial charge in [-0.25, -0.2) is 0 Å². The van der Waals surface area contributed by atoms with Gasteiger partial charge in [-0.05, 0) is 38.5 Å². The zero-order chi connectivity index (χ0) is 30.0. The van der Waals surface area contributed by atoms with Crippen molar-refractivity contribution in [2.45, 2.75) is 205 Å². The van der Waals surface area contributed by atoms with E-state index in [0.717, 1.165) is 12.8 Å². The number of aliphatic hydroxyl groups is 2. The van der Waals surface area contributed by atoms with Crippen LogP contribution in [0.3, 0.4) is 0 Å². The van der Waals surface area contributed by atoms with Crippen LogP contribution in [0.25, 0.3) is 0 Å². The summed E-state index contributed by atoms with van der Waals surface area (Å²) in [5.41, 5.74) is 0. The van der Waals surface area contributed by atoms with Crippen molar-refractivity contribution < 1.29 is 14.7 Å². The molecule has 3 nitrogen and oxygen atoms in total. The zero-order valence-corrected chi connectivity index (χ0v) is 28.8. The largest absolute Gasteiger partial charge is 0.396 e. The van der Waals surface area contributed by atoms with Crippen LogP contribution >= 0.6 is 0 Å². The summed E-state index contributed by atoms with van der Waals surface area (Å²) in [6.45, 7) is 3.47. The van der Waals surface area contributed by atoms with Gasteiger partial charge in [0.15, 0.2) is 0 Å². The van der Waals surface area contributed by atoms with Crippen LogP contribution in [0.5, 0.6) is 0 Å². The Balaban J connectivity index is 3.26. The van der Waals surface area contributed by atoms with E-state index < -0.39 is 0 Å². The highest BCUT2D eigenvalue weighted by molar-refractivity contribution is 4.52. The molecule has 0 bridgehead atoms.